The van der Waals surface area contributed by atoms with E-state index >= 15 is 0 Å². The van der Waals surface area contributed by atoms with Crippen molar-refractivity contribution in [3.05, 3.63) is 54.6 Å². The Morgan fingerprint density at radius 1 is 1.25 bits per heavy atom. The van der Waals surface area contributed by atoms with Crippen LogP contribution >= 0.6 is 43.2 Å². The minimum atomic E-state index is -0.0626. The molecule has 1 unspecified atom stereocenters. The van der Waals surface area contributed by atoms with Crippen LogP contribution in [0.2, 0.25) is 0 Å². The first kappa shape index (κ1) is 12.3. The third-order valence-corrected chi connectivity index (χ3v) is 4.47. The van der Waals surface area contributed by atoms with Crippen molar-refractivity contribution < 1.29 is 0 Å². The van der Waals surface area contributed by atoms with Crippen LogP contribution in [0.25, 0.3) is 0 Å². The Morgan fingerprint density at radius 3 is 2.56 bits per heavy atom. The fraction of sp³-hybridized carbons (Fsp3) is 0.167. The molecule has 0 saturated heterocycles. The molecule has 0 fully saturated rings. The van der Waals surface area contributed by atoms with Crippen LogP contribution < -0.4 is 5.73 Å². The molecule has 1 atom stereocenters. The standard InChI is InChI=1S/C12H11Br2NS/c1-7-4-8(6-16-7)12(15)10-3-2-9(13)5-11(10)14/h2-6,12H,15H2,1H3. The van der Waals surface area contributed by atoms with Crippen LogP contribution in [-0.2, 0) is 0 Å². The summed E-state index contributed by atoms with van der Waals surface area (Å²) in [6, 6.07) is 8.16. The molecule has 16 heavy (non-hydrogen) atoms. The number of benzene rings is 1. The Morgan fingerprint density at radius 2 is 2.00 bits per heavy atom. The van der Waals surface area contributed by atoms with E-state index in [4.69, 9.17) is 5.73 Å². The van der Waals surface area contributed by atoms with Crippen LogP contribution in [0.4, 0.5) is 0 Å². The average molecular weight is 361 g/mol. The molecule has 2 aromatic rings. The number of nitrogens with two attached hydrogens (primary N) is 1. The van der Waals surface area contributed by atoms with Gasteiger partial charge in [0.2, 0.25) is 0 Å². The Hall–Kier alpha value is -0.160. The summed E-state index contributed by atoms with van der Waals surface area (Å²) in [5.41, 5.74) is 8.53. The highest BCUT2D eigenvalue weighted by molar-refractivity contribution is 9.11. The zero-order chi connectivity index (χ0) is 11.7. The Labute approximate surface area is 116 Å². The van der Waals surface area contributed by atoms with Crippen molar-refractivity contribution in [3.8, 4) is 0 Å². The maximum Gasteiger partial charge on any atom is 0.0571 e. The normalized spacial score (nSPS) is 12.8. The fourth-order valence-corrected chi connectivity index (χ4v) is 3.59. The van der Waals surface area contributed by atoms with Gasteiger partial charge in [0.15, 0.2) is 0 Å². The van der Waals surface area contributed by atoms with Crippen LogP contribution in [0.5, 0.6) is 0 Å². The van der Waals surface area contributed by atoms with E-state index in [0.29, 0.717) is 0 Å². The first-order valence-corrected chi connectivity index (χ1v) is 7.30. The lowest BCUT2D eigenvalue weighted by atomic mass is 10.0. The van der Waals surface area contributed by atoms with Crippen molar-refractivity contribution in [2.45, 2.75) is 13.0 Å². The van der Waals surface area contributed by atoms with Crippen molar-refractivity contribution >= 4 is 43.2 Å². The van der Waals surface area contributed by atoms with E-state index in [1.807, 2.05) is 18.2 Å². The molecule has 0 saturated carbocycles. The highest BCUT2D eigenvalue weighted by Gasteiger charge is 2.13. The minimum Gasteiger partial charge on any atom is -0.320 e. The smallest absolute Gasteiger partial charge is 0.0571 e. The molecule has 0 aliphatic carbocycles. The number of aryl methyl sites for hydroxylation is 1. The van der Waals surface area contributed by atoms with E-state index in [1.165, 1.54) is 10.4 Å². The largest absolute Gasteiger partial charge is 0.320 e. The number of halogens is 2. The van der Waals surface area contributed by atoms with Gasteiger partial charge in [0, 0.05) is 13.8 Å². The summed E-state index contributed by atoms with van der Waals surface area (Å²) < 4.78 is 2.09. The summed E-state index contributed by atoms with van der Waals surface area (Å²) in [6.07, 6.45) is 0. The van der Waals surface area contributed by atoms with Crippen molar-refractivity contribution in [2.75, 3.05) is 0 Å². The monoisotopic (exact) mass is 359 g/mol. The third-order valence-electron chi connectivity index (χ3n) is 2.41. The molecule has 2 rings (SSSR count). The zero-order valence-electron chi connectivity index (χ0n) is 8.71. The molecule has 4 heteroatoms. The van der Waals surface area contributed by atoms with E-state index in [9.17, 15) is 0 Å². The lowest BCUT2D eigenvalue weighted by Crippen LogP contribution is -2.11. The van der Waals surface area contributed by atoms with Gasteiger partial charge in [0.25, 0.3) is 0 Å². The molecule has 0 radical (unpaired) electrons. The first-order chi connectivity index (χ1) is 7.58. The molecule has 2 N–H and O–H groups in total. The summed E-state index contributed by atoms with van der Waals surface area (Å²) in [4.78, 5) is 1.29. The highest BCUT2D eigenvalue weighted by atomic mass is 79.9. The molecule has 0 aliphatic rings. The van der Waals surface area contributed by atoms with Gasteiger partial charge in [-0.1, -0.05) is 37.9 Å². The molecular formula is C12H11Br2NS. The zero-order valence-corrected chi connectivity index (χ0v) is 12.7. The summed E-state index contributed by atoms with van der Waals surface area (Å²) in [5.74, 6) is 0. The molecule has 84 valence electrons. The van der Waals surface area contributed by atoms with Gasteiger partial charge in [-0.25, -0.2) is 0 Å². The number of rotatable bonds is 2. The second-order valence-corrected chi connectivity index (χ2v) is 6.52. The topological polar surface area (TPSA) is 26.0 Å². The third kappa shape index (κ3) is 2.56. The number of hydrogen-bond acceptors (Lipinski definition) is 2. The van der Waals surface area contributed by atoms with Gasteiger partial charge in [0.1, 0.15) is 0 Å². The van der Waals surface area contributed by atoms with Crippen molar-refractivity contribution in [3.63, 3.8) is 0 Å². The van der Waals surface area contributed by atoms with Gasteiger partial charge in [-0.2, -0.15) is 0 Å². The highest BCUT2D eigenvalue weighted by Crippen LogP contribution is 2.31. The minimum absolute atomic E-state index is 0.0626. The van der Waals surface area contributed by atoms with Crippen LogP contribution in [0.1, 0.15) is 22.0 Å². The Balaban J connectivity index is 2.37. The lowest BCUT2D eigenvalue weighted by molar-refractivity contribution is 0.870. The fourth-order valence-electron chi connectivity index (χ4n) is 1.56. The second-order valence-electron chi connectivity index (χ2n) is 3.63. The Bertz CT molecular complexity index is 507. The maximum absolute atomic E-state index is 6.24. The summed E-state index contributed by atoms with van der Waals surface area (Å²) >= 11 is 8.71. The molecule has 1 aromatic heterocycles. The molecule has 0 amide bonds. The maximum atomic E-state index is 6.24. The lowest BCUT2D eigenvalue weighted by Gasteiger charge is -2.12. The Kier molecular flexibility index (Phi) is 3.85. The van der Waals surface area contributed by atoms with Crippen molar-refractivity contribution in [1.29, 1.82) is 0 Å². The first-order valence-electron chi connectivity index (χ1n) is 4.83. The predicted octanol–water partition coefficient (Wildman–Crippen LogP) is 4.63. The molecule has 1 heterocycles. The quantitative estimate of drug-likeness (QED) is 0.830. The summed E-state index contributed by atoms with van der Waals surface area (Å²) in [7, 11) is 0. The van der Waals surface area contributed by atoms with E-state index in [0.717, 1.165) is 14.5 Å². The molecule has 1 aromatic carbocycles. The van der Waals surface area contributed by atoms with Gasteiger partial charge in [-0.05, 0) is 41.6 Å². The second kappa shape index (κ2) is 5.00. The van der Waals surface area contributed by atoms with E-state index in [-0.39, 0.29) is 6.04 Å². The van der Waals surface area contributed by atoms with Gasteiger partial charge in [-0.15, -0.1) is 11.3 Å². The van der Waals surface area contributed by atoms with Crippen LogP contribution in [0, 0.1) is 6.92 Å². The van der Waals surface area contributed by atoms with Gasteiger partial charge < -0.3 is 5.73 Å². The molecule has 0 spiro atoms. The summed E-state index contributed by atoms with van der Waals surface area (Å²) in [5, 5.41) is 2.12. The van der Waals surface area contributed by atoms with E-state index in [1.54, 1.807) is 11.3 Å². The molecule has 1 nitrogen and oxygen atoms in total. The van der Waals surface area contributed by atoms with Crippen molar-refractivity contribution in [1.82, 2.24) is 0 Å². The number of thiophene rings is 1. The molecular weight excluding hydrogens is 350 g/mol. The van der Waals surface area contributed by atoms with Gasteiger partial charge >= 0.3 is 0 Å². The van der Waals surface area contributed by atoms with Crippen molar-refractivity contribution in [2.24, 2.45) is 5.73 Å². The number of hydrogen-bond donors (Lipinski definition) is 1. The van der Waals surface area contributed by atoms with Crippen LogP contribution in [0.3, 0.4) is 0 Å². The molecule has 0 aliphatic heterocycles. The average Bonchev–Trinajstić information content (AvgIpc) is 2.64. The molecule has 0 bridgehead atoms. The van der Waals surface area contributed by atoms with Crippen LogP contribution in [-0.4, -0.2) is 0 Å². The SMILES string of the molecule is Cc1cc(C(N)c2ccc(Br)cc2Br)cs1. The predicted molar refractivity (Wildman–Crippen MR) is 76.9 cm³/mol. The van der Waals surface area contributed by atoms with Gasteiger partial charge in [-0.3, -0.25) is 0 Å². The summed E-state index contributed by atoms with van der Waals surface area (Å²) in [6.45, 7) is 2.09. The van der Waals surface area contributed by atoms with E-state index < -0.39 is 0 Å². The van der Waals surface area contributed by atoms with Gasteiger partial charge in [0.05, 0.1) is 6.04 Å². The van der Waals surface area contributed by atoms with E-state index in [2.05, 4.69) is 50.2 Å². The van der Waals surface area contributed by atoms with Crippen LogP contribution in [0.15, 0.2) is 38.6 Å².